The highest BCUT2D eigenvalue weighted by Gasteiger charge is 2.14. The van der Waals surface area contributed by atoms with Crippen LogP contribution in [0.15, 0.2) is 24.4 Å². The molecule has 0 spiro atoms. The fraction of sp³-hybridized carbons (Fsp3) is 0.500. The number of amides is 1. The molecule has 0 saturated heterocycles. The Morgan fingerprint density at radius 3 is 3.00 bits per heavy atom. The van der Waals surface area contributed by atoms with Gasteiger partial charge in [-0.05, 0) is 18.5 Å². The number of carbonyl (C=O) groups is 1. The van der Waals surface area contributed by atoms with E-state index in [1.807, 2.05) is 18.2 Å². The van der Waals surface area contributed by atoms with Gasteiger partial charge >= 0.3 is 0 Å². The number of rotatable bonds is 3. The second kappa shape index (κ2) is 4.82. The van der Waals surface area contributed by atoms with Gasteiger partial charge in [0.25, 0.3) is 0 Å². The van der Waals surface area contributed by atoms with Crippen LogP contribution in [0.2, 0.25) is 0 Å². The lowest BCUT2D eigenvalue weighted by Crippen LogP contribution is -2.41. The summed E-state index contributed by atoms with van der Waals surface area (Å²) >= 11 is 0. The molecular formula is C10H16N2O. The van der Waals surface area contributed by atoms with Crippen LogP contribution in [0.4, 0.5) is 0 Å². The number of nitrogens with one attached hydrogen (secondary N) is 2. The van der Waals surface area contributed by atoms with Gasteiger partial charge in [0.15, 0.2) is 0 Å². The maximum absolute atomic E-state index is 11.4. The Labute approximate surface area is 78.9 Å². The molecule has 13 heavy (non-hydrogen) atoms. The van der Waals surface area contributed by atoms with Crippen molar-refractivity contribution in [1.82, 2.24) is 10.6 Å². The maximum Gasteiger partial charge on any atom is 0.245 e. The van der Waals surface area contributed by atoms with Crippen LogP contribution in [0.25, 0.3) is 0 Å². The third-order valence-electron chi connectivity index (χ3n) is 1.76. The standard InChI is InChI=1S/C10H16N2O/c1-8(2)7-12-9-5-3-4-6-11-10(9)13/h3-6,8-9,12H,7H2,1-2H3,(H,11,13)/t9-/m0/s1. The lowest BCUT2D eigenvalue weighted by molar-refractivity contribution is -0.121. The highest BCUT2D eigenvalue weighted by Crippen LogP contribution is 1.95. The first-order valence-corrected chi connectivity index (χ1v) is 4.57. The number of hydrogen-bond donors (Lipinski definition) is 2. The van der Waals surface area contributed by atoms with Gasteiger partial charge < -0.3 is 10.6 Å². The highest BCUT2D eigenvalue weighted by atomic mass is 16.2. The van der Waals surface area contributed by atoms with Crippen LogP contribution in [0.5, 0.6) is 0 Å². The van der Waals surface area contributed by atoms with E-state index in [2.05, 4.69) is 24.5 Å². The van der Waals surface area contributed by atoms with Crippen molar-refractivity contribution >= 4 is 5.91 Å². The number of hydrogen-bond acceptors (Lipinski definition) is 2. The molecule has 0 fully saturated rings. The quantitative estimate of drug-likeness (QED) is 0.674. The molecule has 0 radical (unpaired) electrons. The normalized spacial score (nSPS) is 21.8. The molecule has 1 amide bonds. The molecule has 0 aromatic carbocycles. The van der Waals surface area contributed by atoms with Crippen LogP contribution >= 0.6 is 0 Å². The molecule has 3 nitrogen and oxygen atoms in total. The maximum atomic E-state index is 11.4. The van der Waals surface area contributed by atoms with Crippen LogP contribution in [-0.2, 0) is 4.79 Å². The lowest BCUT2D eigenvalue weighted by Gasteiger charge is -2.13. The molecule has 0 aromatic heterocycles. The Morgan fingerprint density at radius 2 is 2.31 bits per heavy atom. The van der Waals surface area contributed by atoms with Gasteiger partial charge in [-0.1, -0.05) is 26.0 Å². The van der Waals surface area contributed by atoms with E-state index in [4.69, 9.17) is 0 Å². The van der Waals surface area contributed by atoms with Crippen LogP contribution < -0.4 is 10.6 Å². The summed E-state index contributed by atoms with van der Waals surface area (Å²) in [6.07, 6.45) is 7.20. The summed E-state index contributed by atoms with van der Waals surface area (Å²) < 4.78 is 0. The Morgan fingerprint density at radius 1 is 1.54 bits per heavy atom. The minimum atomic E-state index is -0.197. The Kier molecular flexibility index (Phi) is 3.71. The Bertz CT molecular complexity index is 231. The zero-order valence-electron chi connectivity index (χ0n) is 8.08. The molecular weight excluding hydrogens is 164 g/mol. The van der Waals surface area contributed by atoms with Gasteiger partial charge in [-0.3, -0.25) is 4.79 Å². The van der Waals surface area contributed by atoms with E-state index in [1.54, 1.807) is 6.20 Å². The van der Waals surface area contributed by atoms with E-state index in [-0.39, 0.29) is 11.9 Å². The summed E-state index contributed by atoms with van der Waals surface area (Å²) in [6.45, 7) is 5.08. The minimum Gasteiger partial charge on any atom is -0.331 e. The molecule has 72 valence electrons. The van der Waals surface area contributed by atoms with Crippen molar-refractivity contribution in [3.05, 3.63) is 24.4 Å². The zero-order chi connectivity index (χ0) is 9.68. The molecule has 3 heteroatoms. The van der Waals surface area contributed by atoms with Crippen molar-refractivity contribution in [3.63, 3.8) is 0 Å². The monoisotopic (exact) mass is 180 g/mol. The van der Waals surface area contributed by atoms with Gasteiger partial charge in [0.05, 0.1) is 0 Å². The Hall–Kier alpha value is -1.09. The summed E-state index contributed by atoms with van der Waals surface area (Å²) in [6, 6.07) is -0.197. The van der Waals surface area contributed by atoms with Crippen molar-refractivity contribution in [3.8, 4) is 0 Å². The third-order valence-corrected chi connectivity index (χ3v) is 1.76. The van der Waals surface area contributed by atoms with Crippen LogP contribution in [0.1, 0.15) is 13.8 Å². The predicted molar refractivity (Wildman–Crippen MR) is 53.1 cm³/mol. The minimum absolute atomic E-state index is 0.00523. The van der Waals surface area contributed by atoms with Gasteiger partial charge in [-0.25, -0.2) is 0 Å². The van der Waals surface area contributed by atoms with Crippen molar-refractivity contribution in [2.45, 2.75) is 19.9 Å². The fourth-order valence-corrected chi connectivity index (χ4v) is 1.06. The molecule has 0 aromatic rings. The summed E-state index contributed by atoms with van der Waals surface area (Å²) in [5.74, 6) is 0.558. The van der Waals surface area contributed by atoms with Crippen LogP contribution in [-0.4, -0.2) is 18.5 Å². The number of carbonyl (C=O) groups excluding carboxylic acids is 1. The summed E-state index contributed by atoms with van der Waals surface area (Å²) in [5.41, 5.74) is 0. The van der Waals surface area contributed by atoms with Crippen molar-refractivity contribution in [1.29, 1.82) is 0 Å². The van der Waals surface area contributed by atoms with E-state index in [1.165, 1.54) is 0 Å². The predicted octanol–water partition coefficient (Wildman–Crippen LogP) is 0.800. The molecule has 0 aliphatic carbocycles. The van der Waals surface area contributed by atoms with Crippen LogP contribution in [0.3, 0.4) is 0 Å². The zero-order valence-corrected chi connectivity index (χ0v) is 8.08. The second-order valence-corrected chi connectivity index (χ2v) is 3.53. The van der Waals surface area contributed by atoms with E-state index >= 15 is 0 Å². The highest BCUT2D eigenvalue weighted by molar-refractivity contribution is 5.85. The lowest BCUT2D eigenvalue weighted by atomic mass is 10.2. The van der Waals surface area contributed by atoms with Gasteiger partial charge in [-0.15, -0.1) is 0 Å². The second-order valence-electron chi connectivity index (χ2n) is 3.53. The topological polar surface area (TPSA) is 41.1 Å². The molecule has 1 atom stereocenters. The van der Waals surface area contributed by atoms with Crippen molar-refractivity contribution in [2.24, 2.45) is 5.92 Å². The van der Waals surface area contributed by atoms with Gasteiger partial charge in [-0.2, -0.15) is 0 Å². The molecule has 1 aliphatic rings. The SMILES string of the molecule is CC(C)CN[C@H]1C=CC=CNC1=O. The van der Waals surface area contributed by atoms with E-state index in [9.17, 15) is 4.79 Å². The van der Waals surface area contributed by atoms with E-state index in [0.29, 0.717) is 5.92 Å². The summed E-state index contributed by atoms with van der Waals surface area (Å²) in [4.78, 5) is 11.4. The largest absolute Gasteiger partial charge is 0.331 e. The first-order valence-electron chi connectivity index (χ1n) is 4.57. The first kappa shape index (κ1) is 9.99. The summed E-state index contributed by atoms with van der Waals surface area (Å²) in [7, 11) is 0. The average molecular weight is 180 g/mol. The average Bonchev–Trinajstić information content (AvgIpc) is 2.27. The molecule has 1 heterocycles. The van der Waals surface area contributed by atoms with E-state index < -0.39 is 0 Å². The molecule has 2 N–H and O–H groups in total. The van der Waals surface area contributed by atoms with Crippen molar-refractivity contribution < 1.29 is 4.79 Å². The molecule has 1 aliphatic heterocycles. The van der Waals surface area contributed by atoms with Gasteiger partial charge in [0.2, 0.25) is 5.91 Å². The number of allylic oxidation sites excluding steroid dienone is 2. The molecule has 0 bridgehead atoms. The molecule has 1 rings (SSSR count). The van der Waals surface area contributed by atoms with Gasteiger partial charge in [0.1, 0.15) is 6.04 Å². The van der Waals surface area contributed by atoms with E-state index in [0.717, 1.165) is 6.54 Å². The van der Waals surface area contributed by atoms with Crippen molar-refractivity contribution in [2.75, 3.05) is 6.54 Å². The fourth-order valence-electron chi connectivity index (χ4n) is 1.06. The summed E-state index contributed by atoms with van der Waals surface area (Å²) in [5, 5.41) is 5.85. The first-order chi connectivity index (χ1) is 6.20. The third kappa shape index (κ3) is 3.42. The Balaban J connectivity index is 2.44. The molecule has 0 unspecified atom stereocenters. The molecule has 0 saturated carbocycles. The van der Waals surface area contributed by atoms with Crippen LogP contribution in [0, 0.1) is 5.92 Å². The smallest absolute Gasteiger partial charge is 0.245 e. The van der Waals surface area contributed by atoms with Gasteiger partial charge in [0, 0.05) is 6.20 Å².